The predicted octanol–water partition coefficient (Wildman–Crippen LogP) is 4.39. The largest absolute Gasteiger partial charge is 0.390 e. The van der Waals surface area contributed by atoms with Crippen LogP contribution in [0.3, 0.4) is 0 Å². The van der Waals surface area contributed by atoms with E-state index in [1.165, 1.54) is 28.5 Å². The van der Waals surface area contributed by atoms with Gasteiger partial charge >= 0.3 is 0 Å². The third-order valence-electron chi connectivity index (χ3n) is 5.47. The fourth-order valence-corrected chi connectivity index (χ4v) is 4.53. The maximum absolute atomic E-state index is 10.7. The lowest BCUT2D eigenvalue weighted by Crippen LogP contribution is -2.18. The summed E-state index contributed by atoms with van der Waals surface area (Å²) in [5.74, 6) is 1.41. The Kier molecular flexibility index (Phi) is 5.92. The van der Waals surface area contributed by atoms with Gasteiger partial charge in [-0.2, -0.15) is 0 Å². The van der Waals surface area contributed by atoms with Crippen LogP contribution < -0.4 is 0 Å². The summed E-state index contributed by atoms with van der Waals surface area (Å²) in [5.41, 5.74) is 6.75. The lowest BCUT2D eigenvalue weighted by Gasteiger charge is -2.13. The first-order valence-electron chi connectivity index (χ1n) is 10.2. The molecule has 0 aliphatic carbocycles. The number of aliphatic hydroxyl groups excluding tert-OH is 1. The van der Waals surface area contributed by atoms with Crippen molar-refractivity contribution in [2.24, 2.45) is 0 Å². The quantitative estimate of drug-likeness (QED) is 0.448. The minimum atomic E-state index is -0.516. The molecule has 0 radical (unpaired) electrons. The molecule has 156 valence electrons. The molecule has 2 heterocycles. The highest BCUT2D eigenvalue weighted by Crippen LogP contribution is 2.27. The number of thioether (sulfide) groups is 1. The molecule has 0 aliphatic heterocycles. The zero-order chi connectivity index (χ0) is 21.3. The van der Waals surface area contributed by atoms with E-state index in [2.05, 4.69) is 71.7 Å². The average Bonchev–Trinajstić information content (AvgIpc) is 3.31. The van der Waals surface area contributed by atoms with Crippen molar-refractivity contribution in [3.63, 3.8) is 0 Å². The molecule has 30 heavy (non-hydrogen) atoms. The monoisotopic (exact) mass is 421 g/mol. The van der Waals surface area contributed by atoms with Crippen molar-refractivity contribution < 1.29 is 5.11 Å². The van der Waals surface area contributed by atoms with Gasteiger partial charge in [-0.25, -0.2) is 4.98 Å². The van der Waals surface area contributed by atoms with Gasteiger partial charge in [0.15, 0.2) is 11.0 Å². The highest BCUT2D eigenvalue weighted by molar-refractivity contribution is 7.99. The van der Waals surface area contributed by atoms with Crippen LogP contribution in [0.4, 0.5) is 0 Å². The van der Waals surface area contributed by atoms with Gasteiger partial charge in [0.1, 0.15) is 0 Å². The number of hydrogen-bond donors (Lipinski definition) is 1. The Bertz CT molecular complexity index is 1180. The van der Waals surface area contributed by atoms with Crippen LogP contribution in [-0.4, -0.2) is 41.3 Å². The van der Waals surface area contributed by atoms with E-state index < -0.39 is 6.10 Å². The molecule has 0 bridgehead atoms. The number of imidazole rings is 1. The molecule has 2 aromatic heterocycles. The first kappa shape index (κ1) is 20.6. The summed E-state index contributed by atoms with van der Waals surface area (Å²) in [5, 5.41) is 20.3. The molecular weight excluding hydrogens is 394 g/mol. The molecule has 1 N–H and O–H groups in total. The predicted molar refractivity (Wildman–Crippen MR) is 122 cm³/mol. The van der Waals surface area contributed by atoms with Gasteiger partial charge in [-0.3, -0.25) is 0 Å². The molecule has 1 unspecified atom stereocenters. The minimum absolute atomic E-state index is 0.497. The Morgan fingerprint density at radius 2 is 1.80 bits per heavy atom. The summed E-state index contributed by atoms with van der Waals surface area (Å²) >= 11 is 1.54. The Labute approximate surface area is 181 Å². The number of nitrogens with zero attached hydrogens (tertiary/aromatic N) is 5. The van der Waals surface area contributed by atoms with Gasteiger partial charge in [0.25, 0.3) is 0 Å². The molecule has 7 heteroatoms. The molecule has 0 aliphatic rings. The molecule has 0 saturated carbocycles. The number of fused-ring (bicyclic) bond motifs is 1. The molecule has 6 nitrogen and oxygen atoms in total. The van der Waals surface area contributed by atoms with Crippen molar-refractivity contribution in [2.45, 2.75) is 52.0 Å². The molecule has 4 aromatic rings. The third-order valence-corrected chi connectivity index (χ3v) is 6.58. The van der Waals surface area contributed by atoms with E-state index in [1.54, 1.807) is 0 Å². The minimum Gasteiger partial charge on any atom is -0.390 e. The van der Waals surface area contributed by atoms with Crippen molar-refractivity contribution in [3.05, 3.63) is 59.4 Å². The fraction of sp³-hybridized carbons (Fsp3) is 0.348. The van der Waals surface area contributed by atoms with Crippen molar-refractivity contribution in [1.29, 1.82) is 0 Å². The Morgan fingerprint density at radius 1 is 1.03 bits per heavy atom. The first-order valence-corrected chi connectivity index (χ1v) is 11.2. The highest BCUT2D eigenvalue weighted by atomic mass is 32.2. The summed E-state index contributed by atoms with van der Waals surface area (Å²) in [6.45, 7) is 9.64. The summed E-state index contributed by atoms with van der Waals surface area (Å²) in [4.78, 5) is 4.48. The van der Waals surface area contributed by atoms with Crippen LogP contribution in [-0.2, 0) is 13.1 Å². The number of rotatable bonds is 7. The van der Waals surface area contributed by atoms with Gasteiger partial charge < -0.3 is 14.2 Å². The fourth-order valence-electron chi connectivity index (χ4n) is 3.61. The van der Waals surface area contributed by atoms with E-state index in [0.29, 0.717) is 12.3 Å². The van der Waals surface area contributed by atoms with Gasteiger partial charge in [-0.05, 0) is 56.5 Å². The molecule has 0 fully saturated rings. The standard InChI is InChI=1S/C23H27N5OS/c1-5-28-22(19-9-7-6-8-15(19)2)25-26-23(28)30-13-18(29)12-27-14-24-20-10-16(3)17(4)11-21(20)27/h6-11,14,18,29H,5,12-13H2,1-4H3. The second-order valence-corrected chi connectivity index (χ2v) is 8.64. The Hall–Kier alpha value is -2.64. The molecule has 4 rings (SSSR count). The maximum atomic E-state index is 10.7. The van der Waals surface area contributed by atoms with Gasteiger partial charge in [0, 0.05) is 17.9 Å². The highest BCUT2D eigenvalue weighted by Gasteiger charge is 2.17. The van der Waals surface area contributed by atoms with Gasteiger partial charge in [0.05, 0.1) is 30.0 Å². The van der Waals surface area contributed by atoms with E-state index in [9.17, 15) is 5.11 Å². The van der Waals surface area contributed by atoms with Crippen molar-refractivity contribution >= 4 is 22.8 Å². The Morgan fingerprint density at radius 3 is 2.57 bits per heavy atom. The van der Waals surface area contributed by atoms with Crippen LogP contribution in [0.25, 0.3) is 22.4 Å². The van der Waals surface area contributed by atoms with Crippen LogP contribution in [0.2, 0.25) is 0 Å². The molecule has 0 amide bonds. The van der Waals surface area contributed by atoms with Crippen LogP contribution in [0.1, 0.15) is 23.6 Å². The molecule has 0 saturated heterocycles. The number of aromatic nitrogens is 5. The van der Waals surface area contributed by atoms with Crippen LogP contribution >= 0.6 is 11.8 Å². The second-order valence-electron chi connectivity index (χ2n) is 7.65. The summed E-state index contributed by atoms with van der Waals surface area (Å²) in [7, 11) is 0. The number of benzene rings is 2. The van der Waals surface area contributed by atoms with Crippen LogP contribution in [0.15, 0.2) is 47.9 Å². The van der Waals surface area contributed by atoms with Gasteiger partial charge in [-0.1, -0.05) is 36.0 Å². The molecule has 2 aromatic carbocycles. The number of aryl methyl sites for hydroxylation is 3. The SMILES string of the molecule is CCn1c(SCC(O)Cn2cnc3cc(C)c(C)cc32)nnc1-c1ccccc1C. The summed E-state index contributed by atoms with van der Waals surface area (Å²) in [6, 6.07) is 12.4. The molecular formula is C23H27N5OS. The van der Waals surface area contributed by atoms with E-state index >= 15 is 0 Å². The van der Waals surface area contributed by atoms with Crippen molar-refractivity contribution in [3.8, 4) is 11.4 Å². The topological polar surface area (TPSA) is 68.8 Å². The van der Waals surface area contributed by atoms with E-state index in [1.807, 2.05) is 23.0 Å². The molecule has 0 spiro atoms. The summed E-state index contributed by atoms with van der Waals surface area (Å²) < 4.78 is 4.13. The average molecular weight is 422 g/mol. The smallest absolute Gasteiger partial charge is 0.191 e. The van der Waals surface area contributed by atoms with Crippen LogP contribution in [0.5, 0.6) is 0 Å². The van der Waals surface area contributed by atoms with E-state index in [-0.39, 0.29) is 0 Å². The number of hydrogen-bond acceptors (Lipinski definition) is 5. The Balaban J connectivity index is 1.48. The third kappa shape index (κ3) is 4.00. The van der Waals surface area contributed by atoms with E-state index in [0.717, 1.165) is 34.1 Å². The first-order chi connectivity index (χ1) is 14.5. The number of aliphatic hydroxyl groups is 1. The summed E-state index contributed by atoms with van der Waals surface area (Å²) in [6.07, 6.45) is 1.29. The van der Waals surface area contributed by atoms with Crippen LogP contribution in [0, 0.1) is 20.8 Å². The normalized spacial score (nSPS) is 12.6. The zero-order valence-corrected chi connectivity index (χ0v) is 18.6. The maximum Gasteiger partial charge on any atom is 0.191 e. The molecule has 1 atom stereocenters. The van der Waals surface area contributed by atoms with Gasteiger partial charge in [0.2, 0.25) is 0 Å². The lowest BCUT2D eigenvalue weighted by atomic mass is 10.1. The van der Waals surface area contributed by atoms with Crippen molar-refractivity contribution in [1.82, 2.24) is 24.3 Å². The van der Waals surface area contributed by atoms with Crippen molar-refractivity contribution in [2.75, 3.05) is 5.75 Å². The second kappa shape index (κ2) is 8.62. The lowest BCUT2D eigenvalue weighted by molar-refractivity contribution is 0.179. The van der Waals surface area contributed by atoms with E-state index in [4.69, 9.17) is 0 Å². The zero-order valence-electron chi connectivity index (χ0n) is 17.8. The van der Waals surface area contributed by atoms with Gasteiger partial charge in [-0.15, -0.1) is 10.2 Å².